The Labute approximate surface area is 147 Å². The van der Waals surface area contributed by atoms with Crippen molar-refractivity contribution in [3.63, 3.8) is 0 Å². The normalized spacial score (nSPS) is 15.7. The minimum atomic E-state index is -3.90. The summed E-state index contributed by atoms with van der Waals surface area (Å²) in [5, 5.41) is 13.8. The first-order valence-corrected chi connectivity index (χ1v) is 9.82. The van der Waals surface area contributed by atoms with E-state index in [2.05, 4.69) is 10.0 Å². The molecule has 0 bridgehead atoms. The molecule has 8 nitrogen and oxygen atoms in total. The predicted molar refractivity (Wildman–Crippen MR) is 92.7 cm³/mol. The highest BCUT2D eigenvalue weighted by Crippen LogP contribution is 2.22. The third-order valence-corrected chi connectivity index (χ3v) is 5.76. The lowest BCUT2D eigenvalue weighted by Gasteiger charge is -2.22. The van der Waals surface area contributed by atoms with E-state index in [4.69, 9.17) is 0 Å². The lowest BCUT2D eigenvalue weighted by atomic mass is 9.95. The predicted octanol–water partition coefficient (Wildman–Crippen LogP) is 2.02. The molecule has 1 saturated carbocycles. The topological polar surface area (TPSA) is 118 Å². The van der Waals surface area contributed by atoms with E-state index in [-0.39, 0.29) is 35.5 Å². The second kappa shape index (κ2) is 8.39. The summed E-state index contributed by atoms with van der Waals surface area (Å²) in [6.45, 7) is 1.49. The maximum Gasteiger partial charge on any atom is 0.273 e. The molecule has 1 fully saturated rings. The lowest BCUT2D eigenvalue weighted by molar-refractivity contribution is -0.385. The van der Waals surface area contributed by atoms with Gasteiger partial charge in [-0.2, -0.15) is 0 Å². The van der Waals surface area contributed by atoms with Crippen molar-refractivity contribution < 1.29 is 18.1 Å². The summed E-state index contributed by atoms with van der Waals surface area (Å²) in [6, 6.07) is 3.91. The molecule has 0 aliphatic heterocycles. The van der Waals surface area contributed by atoms with Gasteiger partial charge in [0.1, 0.15) is 0 Å². The quantitative estimate of drug-likeness (QED) is 0.563. The SMILES string of the molecule is Cc1ccc(S(=O)(=O)NCCC(=O)NC2CCCCC2)cc1[N+](=O)[O-]. The highest BCUT2D eigenvalue weighted by Gasteiger charge is 2.20. The Kier molecular flexibility index (Phi) is 6.49. The fraction of sp³-hybridized carbons (Fsp3) is 0.562. The Balaban J connectivity index is 1.89. The maximum absolute atomic E-state index is 12.2. The number of nitrogens with zero attached hydrogens (tertiary/aromatic N) is 1. The van der Waals surface area contributed by atoms with Crippen LogP contribution in [0.4, 0.5) is 5.69 Å². The number of nitro benzene ring substituents is 1. The van der Waals surface area contributed by atoms with Crippen LogP contribution in [0, 0.1) is 17.0 Å². The molecule has 0 radical (unpaired) electrons. The van der Waals surface area contributed by atoms with Crippen molar-refractivity contribution in [3.05, 3.63) is 33.9 Å². The van der Waals surface area contributed by atoms with Crippen LogP contribution in [-0.2, 0) is 14.8 Å². The third-order valence-electron chi connectivity index (χ3n) is 4.30. The van der Waals surface area contributed by atoms with Crippen LogP contribution in [0.25, 0.3) is 0 Å². The van der Waals surface area contributed by atoms with Crippen LogP contribution in [0.5, 0.6) is 0 Å². The molecule has 138 valence electrons. The van der Waals surface area contributed by atoms with Crippen LogP contribution in [0.1, 0.15) is 44.1 Å². The zero-order chi connectivity index (χ0) is 18.4. The molecular weight excluding hydrogens is 346 g/mol. The number of carbonyl (C=O) groups is 1. The Morgan fingerprint density at radius 3 is 2.60 bits per heavy atom. The Morgan fingerprint density at radius 2 is 1.96 bits per heavy atom. The van der Waals surface area contributed by atoms with E-state index >= 15 is 0 Å². The van der Waals surface area contributed by atoms with Gasteiger partial charge in [-0.25, -0.2) is 13.1 Å². The Morgan fingerprint density at radius 1 is 1.28 bits per heavy atom. The maximum atomic E-state index is 12.2. The van der Waals surface area contributed by atoms with Gasteiger partial charge in [-0.1, -0.05) is 25.3 Å². The molecule has 2 N–H and O–H groups in total. The van der Waals surface area contributed by atoms with Gasteiger partial charge in [0.15, 0.2) is 0 Å². The first kappa shape index (κ1) is 19.3. The summed E-state index contributed by atoms with van der Waals surface area (Å²) in [6.07, 6.45) is 5.35. The number of rotatable bonds is 7. The number of benzene rings is 1. The zero-order valence-corrected chi connectivity index (χ0v) is 15.0. The highest BCUT2D eigenvalue weighted by atomic mass is 32.2. The number of carbonyl (C=O) groups excluding carboxylic acids is 1. The van der Waals surface area contributed by atoms with Gasteiger partial charge in [0.25, 0.3) is 5.69 Å². The van der Waals surface area contributed by atoms with E-state index in [0.29, 0.717) is 5.56 Å². The number of hydrogen-bond acceptors (Lipinski definition) is 5. The van der Waals surface area contributed by atoms with E-state index in [1.165, 1.54) is 25.5 Å². The average Bonchev–Trinajstić information content (AvgIpc) is 2.55. The molecule has 1 aromatic rings. The van der Waals surface area contributed by atoms with Crippen LogP contribution in [0.15, 0.2) is 23.1 Å². The monoisotopic (exact) mass is 369 g/mol. The highest BCUT2D eigenvalue weighted by molar-refractivity contribution is 7.89. The Bertz CT molecular complexity index is 742. The van der Waals surface area contributed by atoms with Crippen molar-refractivity contribution in [2.45, 2.75) is 56.4 Å². The molecule has 9 heteroatoms. The van der Waals surface area contributed by atoms with Gasteiger partial charge in [0.2, 0.25) is 15.9 Å². The summed E-state index contributed by atoms with van der Waals surface area (Å²) >= 11 is 0. The van der Waals surface area contributed by atoms with Gasteiger partial charge in [0.05, 0.1) is 9.82 Å². The molecule has 0 heterocycles. The number of nitrogens with one attached hydrogen (secondary N) is 2. The van der Waals surface area contributed by atoms with Gasteiger partial charge in [-0.15, -0.1) is 0 Å². The second-order valence-corrected chi connectivity index (χ2v) is 8.02. The molecule has 0 unspecified atom stereocenters. The van der Waals surface area contributed by atoms with Crippen molar-refractivity contribution in [1.82, 2.24) is 10.0 Å². The van der Waals surface area contributed by atoms with Crippen molar-refractivity contribution in [2.24, 2.45) is 0 Å². The molecule has 0 aromatic heterocycles. The van der Waals surface area contributed by atoms with E-state index in [9.17, 15) is 23.3 Å². The zero-order valence-electron chi connectivity index (χ0n) is 14.2. The van der Waals surface area contributed by atoms with Crippen LogP contribution in [0.3, 0.4) is 0 Å². The van der Waals surface area contributed by atoms with Gasteiger partial charge >= 0.3 is 0 Å². The smallest absolute Gasteiger partial charge is 0.273 e. The first-order valence-electron chi connectivity index (χ1n) is 8.33. The minimum absolute atomic E-state index is 0.0314. The molecule has 1 aromatic carbocycles. The fourth-order valence-corrected chi connectivity index (χ4v) is 3.93. The molecule has 0 spiro atoms. The standard InChI is InChI=1S/C16H23N3O5S/c1-12-7-8-14(11-15(12)19(21)22)25(23,24)17-10-9-16(20)18-13-5-3-2-4-6-13/h7-8,11,13,17H,2-6,9-10H2,1H3,(H,18,20). The second-order valence-electron chi connectivity index (χ2n) is 6.26. The largest absolute Gasteiger partial charge is 0.353 e. The number of aryl methyl sites for hydroxylation is 1. The molecule has 1 aliphatic carbocycles. The van der Waals surface area contributed by atoms with Crippen molar-refractivity contribution in [1.29, 1.82) is 0 Å². The summed E-state index contributed by atoms with van der Waals surface area (Å²) in [5.74, 6) is -0.190. The van der Waals surface area contributed by atoms with E-state index in [1.807, 2.05) is 0 Å². The summed E-state index contributed by atoms with van der Waals surface area (Å²) in [5.41, 5.74) is 0.133. The van der Waals surface area contributed by atoms with Gasteiger partial charge in [-0.05, 0) is 25.8 Å². The third kappa shape index (κ3) is 5.50. The van der Waals surface area contributed by atoms with E-state index < -0.39 is 14.9 Å². The lowest BCUT2D eigenvalue weighted by Crippen LogP contribution is -2.38. The van der Waals surface area contributed by atoms with Crippen molar-refractivity contribution in [3.8, 4) is 0 Å². The van der Waals surface area contributed by atoms with Crippen LogP contribution in [0.2, 0.25) is 0 Å². The molecule has 2 rings (SSSR count). The van der Waals surface area contributed by atoms with Gasteiger partial charge < -0.3 is 5.32 Å². The molecule has 0 saturated heterocycles. The van der Waals surface area contributed by atoms with E-state index in [1.54, 1.807) is 0 Å². The van der Waals surface area contributed by atoms with Crippen LogP contribution < -0.4 is 10.0 Å². The van der Waals surface area contributed by atoms with Crippen LogP contribution in [-0.4, -0.2) is 31.8 Å². The number of hydrogen-bond donors (Lipinski definition) is 2. The van der Waals surface area contributed by atoms with Crippen molar-refractivity contribution in [2.75, 3.05) is 6.54 Å². The average molecular weight is 369 g/mol. The van der Waals surface area contributed by atoms with Gasteiger partial charge in [0, 0.05) is 30.6 Å². The number of nitro groups is 1. The summed E-state index contributed by atoms with van der Waals surface area (Å²) in [7, 11) is -3.90. The molecular formula is C16H23N3O5S. The fourth-order valence-electron chi connectivity index (χ4n) is 2.88. The molecule has 25 heavy (non-hydrogen) atoms. The van der Waals surface area contributed by atoms with Crippen molar-refractivity contribution >= 4 is 21.6 Å². The summed E-state index contributed by atoms with van der Waals surface area (Å²) < 4.78 is 26.8. The molecule has 1 aliphatic rings. The minimum Gasteiger partial charge on any atom is -0.353 e. The Hall–Kier alpha value is -2.00. The van der Waals surface area contributed by atoms with E-state index in [0.717, 1.165) is 31.7 Å². The number of amides is 1. The van der Waals surface area contributed by atoms with Gasteiger partial charge in [-0.3, -0.25) is 14.9 Å². The first-order chi connectivity index (χ1) is 11.8. The molecule has 0 atom stereocenters. The van der Waals surface area contributed by atoms with Crippen LogP contribution >= 0.6 is 0 Å². The number of sulfonamides is 1. The summed E-state index contributed by atoms with van der Waals surface area (Å²) in [4.78, 5) is 22.0. The molecule has 1 amide bonds.